The molecule has 2 aliphatic heterocycles. The molecule has 0 saturated carbocycles. The number of nitrogens with one attached hydrogen (secondary N) is 2. The minimum Gasteiger partial charge on any atom is -0.486 e. The monoisotopic (exact) mass is 409 g/mol. The number of ether oxygens (including phenoxy) is 2. The molecule has 0 amide bonds. The van der Waals surface area contributed by atoms with Gasteiger partial charge in [0.1, 0.15) is 17.0 Å². The predicted octanol–water partition coefficient (Wildman–Crippen LogP) is 0.604. The Hall–Kier alpha value is -2.47. The van der Waals surface area contributed by atoms with Gasteiger partial charge in [-0.05, 0) is 20.8 Å². The molecule has 11 nitrogen and oxygen atoms in total. The summed E-state index contributed by atoms with van der Waals surface area (Å²) in [6.07, 6.45) is 2.68. The summed E-state index contributed by atoms with van der Waals surface area (Å²) in [5, 5.41) is 13.2. The number of aromatic amines is 1. The number of hydrogen-bond acceptors (Lipinski definition) is 10. The van der Waals surface area contributed by atoms with Crippen molar-refractivity contribution >= 4 is 27.4 Å². The Bertz CT molecular complexity index is 977. The van der Waals surface area contributed by atoms with Crippen molar-refractivity contribution < 1.29 is 17.9 Å². The first kappa shape index (κ1) is 18.9. The quantitative estimate of drug-likeness (QED) is 0.739. The maximum absolute atomic E-state index is 12.5. The van der Waals surface area contributed by atoms with Crippen LogP contribution in [0.3, 0.4) is 0 Å². The van der Waals surface area contributed by atoms with E-state index in [1.165, 1.54) is 12.5 Å². The maximum Gasteiger partial charge on any atom is 0.230 e. The van der Waals surface area contributed by atoms with Crippen LogP contribution in [0.15, 0.2) is 6.20 Å². The molecule has 4 heterocycles. The third kappa shape index (κ3) is 3.05. The number of nitrogens with zero attached hydrogens (tertiary/aromatic N) is 5. The van der Waals surface area contributed by atoms with Crippen molar-refractivity contribution in [3.8, 4) is 5.75 Å². The fraction of sp³-hybridized carbons (Fsp3) is 0.625. The van der Waals surface area contributed by atoms with Crippen LogP contribution in [0.2, 0.25) is 0 Å². The highest BCUT2D eigenvalue weighted by molar-refractivity contribution is 7.91. The van der Waals surface area contributed by atoms with Gasteiger partial charge in [0.2, 0.25) is 5.95 Å². The molecule has 0 aliphatic carbocycles. The van der Waals surface area contributed by atoms with Gasteiger partial charge in [-0.25, -0.2) is 13.4 Å². The van der Waals surface area contributed by atoms with Gasteiger partial charge in [-0.15, -0.1) is 5.10 Å². The van der Waals surface area contributed by atoms with Gasteiger partial charge in [-0.1, -0.05) is 0 Å². The van der Waals surface area contributed by atoms with E-state index in [-0.39, 0.29) is 18.0 Å². The Morgan fingerprint density at radius 1 is 1.29 bits per heavy atom. The van der Waals surface area contributed by atoms with E-state index in [2.05, 4.69) is 35.6 Å². The average Bonchev–Trinajstić information content (AvgIpc) is 3.13. The fourth-order valence-electron chi connectivity index (χ4n) is 3.35. The molecular formula is C16H23N7O4S. The third-order valence-corrected chi connectivity index (χ3v) is 7.25. The smallest absolute Gasteiger partial charge is 0.230 e. The molecule has 0 spiro atoms. The van der Waals surface area contributed by atoms with Gasteiger partial charge in [0.25, 0.3) is 0 Å². The van der Waals surface area contributed by atoms with E-state index in [0.717, 1.165) is 0 Å². The topological polar surface area (TPSA) is 135 Å². The normalized spacial score (nSPS) is 22.2. The SMILES string of the molecule is C[C@@H]1COC[C@H]2COc3c(nc(Nc4cn[nH]n4)nc3C(C)(C)S(C)(=O)=O)N21. The molecule has 2 aromatic heterocycles. The van der Waals surface area contributed by atoms with Gasteiger partial charge in [0.05, 0.1) is 31.5 Å². The second kappa shape index (κ2) is 6.55. The number of morpholine rings is 1. The van der Waals surface area contributed by atoms with E-state index in [1.54, 1.807) is 13.8 Å². The first-order valence-corrected chi connectivity index (χ1v) is 10.8. The lowest BCUT2D eigenvalue weighted by molar-refractivity contribution is 0.0482. The van der Waals surface area contributed by atoms with E-state index in [9.17, 15) is 8.42 Å². The molecular weight excluding hydrogens is 386 g/mol. The number of hydrogen-bond donors (Lipinski definition) is 2. The highest BCUT2D eigenvalue weighted by Gasteiger charge is 2.43. The molecule has 0 unspecified atom stereocenters. The Labute approximate surface area is 162 Å². The van der Waals surface area contributed by atoms with Crippen LogP contribution in [0.5, 0.6) is 5.75 Å². The second-order valence-electron chi connectivity index (χ2n) is 7.57. The number of anilines is 3. The summed E-state index contributed by atoms with van der Waals surface area (Å²) in [4.78, 5) is 11.2. The van der Waals surface area contributed by atoms with Gasteiger partial charge >= 0.3 is 0 Å². The zero-order valence-electron chi connectivity index (χ0n) is 16.1. The van der Waals surface area contributed by atoms with Crippen LogP contribution in [0.25, 0.3) is 0 Å². The molecule has 12 heteroatoms. The molecule has 2 N–H and O–H groups in total. The van der Waals surface area contributed by atoms with Gasteiger partial charge in [-0.2, -0.15) is 15.3 Å². The zero-order chi connectivity index (χ0) is 20.1. The predicted molar refractivity (Wildman–Crippen MR) is 102 cm³/mol. The van der Waals surface area contributed by atoms with Gasteiger partial charge in [0.15, 0.2) is 27.2 Å². The van der Waals surface area contributed by atoms with Gasteiger partial charge < -0.3 is 19.7 Å². The molecule has 28 heavy (non-hydrogen) atoms. The van der Waals surface area contributed by atoms with Crippen LogP contribution < -0.4 is 15.0 Å². The Kier molecular flexibility index (Phi) is 4.42. The maximum atomic E-state index is 12.5. The number of rotatable bonds is 4. The number of aromatic nitrogens is 5. The number of H-pyrrole nitrogens is 1. The molecule has 1 fully saturated rings. The molecule has 0 aromatic carbocycles. The van der Waals surface area contributed by atoms with Crippen LogP contribution in [0.4, 0.5) is 17.6 Å². The van der Waals surface area contributed by atoms with Gasteiger partial charge in [-0.3, -0.25) is 0 Å². The summed E-state index contributed by atoms with van der Waals surface area (Å²) in [6.45, 7) is 6.71. The van der Waals surface area contributed by atoms with Crippen molar-refractivity contribution in [2.75, 3.05) is 36.3 Å². The summed E-state index contributed by atoms with van der Waals surface area (Å²) in [7, 11) is -3.49. The van der Waals surface area contributed by atoms with Crippen LogP contribution >= 0.6 is 0 Å². The summed E-state index contributed by atoms with van der Waals surface area (Å²) in [5.41, 5.74) is 0.308. The van der Waals surface area contributed by atoms with Crippen molar-refractivity contribution in [1.82, 2.24) is 25.4 Å². The molecule has 2 aliphatic rings. The van der Waals surface area contributed by atoms with E-state index in [4.69, 9.17) is 9.47 Å². The molecule has 2 aromatic rings. The summed E-state index contributed by atoms with van der Waals surface area (Å²) < 4.78 is 35.4. The Balaban J connectivity index is 1.89. The van der Waals surface area contributed by atoms with E-state index in [1.807, 2.05) is 6.92 Å². The van der Waals surface area contributed by atoms with Crippen LogP contribution in [0, 0.1) is 0 Å². The first-order valence-electron chi connectivity index (χ1n) is 8.92. The first-order chi connectivity index (χ1) is 13.2. The second-order valence-corrected chi connectivity index (χ2v) is 10.1. The minimum atomic E-state index is -3.49. The Morgan fingerprint density at radius 2 is 2.07 bits per heavy atom. The highest BCUT2D eigenvalue weighted by atomic mass is 32.2. The summed E-state index contributed by atoms with van der Waals surface area (Å²) in [5.74, 6) is 1.60. The van der Waals surface area contributed by atoms with Crippen molar-refractivity contribution in [2.24, 2.45) is 0 Å². The van der Waals surface area contributed by atoms with Crippen LogP contribution in [-0.4, -0.2) is 72.0 Å². The molecule has 0 bridgehead atoms. The van der Waals surface area contributed by atoms with E-state index < -0.39 is 14.6 Å². The minimum absolute atomic E-state index is 0.000228. The van der Waals surface area contributed by atoms with E-state index in [0.29, 0.717) is 42.9 Å². The zero-order valence-corrected chi connectivity index (χ0v) is 16.9. The fourth-order valence-corrected chi connectivity index (χ4v) is 3.84. The summed E-state index contributed by atoms with van der Waals surface area (Å²) in [6, 6.07) is 0.0608. The molecule has 152 valence electrons. The molecule has 0 radical (unpaired) electrons. The van der Waals surface area contributed by atoms with Crippen molar-refractivity contribution in [1.29, 1.82) is 0 Å². The average molecular weight is 409 g/mol. The highest BCUT2D eigenvalue weighted by Crippen LogP contribution is 2.44. The van der Waals surface area contributed by atoms with E-state index >= 15 is 0 Å². The number of fused-ring (bicyclic) bond motifs is 3. The van der Waals surface area contributed by atoms with Crippen molar-refractivity contribution in [3.05, 3.63) is 11.9 Å². The van der Waals surface area contributed by atoms with Crippen LogP contribution in [0.1, 0.15) is 26.5 Å². The largest absolute Gasteiger partial charge is 0.486 e. The lowest BCUT2D eigenvalue weighted by atomic mass is 10.0. The third-order valence-electron chi connectivity index (χ3n) is 5.20. The molecule has 4 rings (SSSR count). The lowest BCUT2D eigenvalue weighted by Crippen LogP contribution is -2.56. The lowest BCUT2D eigenvalue weighted by Gasteiger charge is -2.45. The molecule has 1 saturated heterocycles. The van der Waals surface area contributed by atoms with Crippen LogP contribution in [-0.2, 0) is 19.3 Å². The molecule has 2 atom stereocenters. The summed E-state index contributed by atoms with van der Waals surface area (Å²) >= 11 is 0. The standard InChI is InChI=1S/C16H23N7O4S/c1-9-6-26-7-10-8-27-12-13(16(2,3)28(4,24)25)19-15(20-14(12)23(9)10)18-11-5-17-22-21-11/h5,9-10H,6-8H2,1-4H3,(H2,17,18,19,20,21,22)/t9-,10+/m1/s1. The van der Waals surface area contributed by atoms with Crippen molar-refractivity contribution in [3.63, 3.8) is 0 Å². The van der Waals surface area contributed by atoms with Gasteiger partial charge in [0, 0.05) is 6.26 Å². The number of sulfone groups is 1. The Morgan fingerprint density at radius 3 is 2.75 bits per heavy atom. The van der Waals surface area contributed by atoms with Crippen molar-refractivity contribution in [2.45, 2.75) is 37.6 Å².